The highest BCUT2D eigenvalue weighted by atomic mass is 35.5. The number of halogens is 2. The van der Waals surface area contributed by atoms with Crippen LogP contribution in [0.25, 0.3) is 22.2 Å². The second kappa shape index (κ2) is 11.8. The van der Waals surface area contributed by atoms with Crippen molar-refractivity contribution >= 4 is 61.8 Å². The summed E-state index contributed by atoms with van der Waals surface area (Å²) in [6, 6.07) is 4.23. The van der Waals surface area contributed by atoms with Gasteiger partial charge in [0.15, 0.2) is 0 Å². The van der Waals surface area contributed by atoms with Crippen LogP contribution in [0.3, 0.4) is 0 Å². The minimum atomic E-state index is -3.33. The number of anilines is 1. The van der Waals surface area contributed by atoms with Crippen LogP contribution >= 0.6 is 23.2 Å². The summed E-state index contributed by atoms with van der Waals surface area (Å²) in [6.07, 6.45) is 7.47. The molecule has 0 spiro atoms. The number of aromatic hydroxyl groups is 1. The molecule has 0 bridgehead atoms. The van der Waals surface area contributed by atoms with Gasteiger partial charge in [-0.25, -0.2) is 17.7 Å². The molecule has 232 valence electrons. The van der Waals surface area contributed by atoms with Crippen LogP contribution in [0.1, 0.15) is 41.2 Å². The number of primary amides is 1. The van der Waals surface area contributed by atoms with Crippen LogP contribution < -0.4 is 16.6 Å². The number of sulfonamides is 1. The summed E-state index contributed by atoms with van der Waals surface area (Å²) in [6.45, 7) is -0.260. The van der Waals surface area contributed by atoms with E-state index in [9.17, 15) is 27.9 Å². The van der Waals surface area contributed by atoms with Gasteiger partial charge in [-0.2, -0.15) is 0 Å². The molecule has 13 nitrogen and oxygen atoms in total. The predicted octanol–water partition coefficient (Wildman–Crippen LogP) is 3.07. The number of carbonyl (C=O) groups excluding carboxylic acids is 2. The fourth-order valence-corrected chi connectivity index (χ4v) is 6.60. The van der Waals surface area contributed by atoms with E-state index in [1.165, 1.54) is 57.6 Å². The van der Waals surface area contributed by atoms with Crippen molar-refractivity contribution in [3.63, 3.8) is 0 Å². The molecule has 16 heteroatoms. The number of amides is 2. The summed E-state index contributed by atoms with van der Waals surface area (Å²) in [4.78, 5) is 47.2. The molecule has 2 amide bonds. The molecule has 0 aliphatic heterocycles. The second-order valence-corrected chi connectivity index (χ2v) is 13.7. The summed E-state index contributed by atoms with van der Waals surface area (Å²) in [5, 5.41) is 13.2. The van der Waals surface area contributed by atoms with E-state index in [1.807, 2.05) is 0 Å². The lowest BCUT2D eigenvalue weighted by atomic mass is 10.0. The first kappa shape index (κ1) is 31.4. The van der Waals surface area contributed by atoms with E-state index in [2.05, 4.69) is 15.3 Å². The van der Waals surface area contributed by atoms with E-state index in [4.69, 9.17) is 28.9 Å². The number of phenols is 1. The molecule has 1 aliphatic rings. The van der Waals surface area contributed by atoms with Crippen LogP contribution in [0.15, 0.2) is 41.7 Å². The quantitative estimate of drug-likeness (QED) is 0.257. The predicted molar refractivity (Wildman–Crippen MR) is 166 cm³/mol. The lowest BCUT2D eigenvalue weighted by Crippen LogP contribution is -2.34. The van der Waals surface area contributed by atoms with E-state index in [1.54, 1.807) is 13.1 Å². The number of benzene rings is 1. The molecule has 4 N–H and O–H groups in total. The Morgan fingerprint density at radius 1 is 1.18 bits per heavy atom. The first-order valence-electron chi connectivity index (χ1n) is 13.4. The van der Waals surface area contributed by atoms with E-state index in [-0.39, 0.29) is 45.1 Å². The Morgan fingerprint density at radius 2 is 1.91 bits per heavy atom. The van der Waals surface area contributed by atoms with Crippen molar-refractivity contribution in [2.45, 2.75) is 37.8 Å². The Balaban J connectivity index is 1.44. The first-order valence-corrected chi connectivity index (χ1v) is 16.0. The third-order valence-electron chi connectivity index (χ3n) is 7.90. The molecule has 1 fully saturated rings. The summed E-state index contributed by atoms with van der Waals surface area (Å²) < 4.78 is 28.1. The summed E-state index contributed by atoms with van der Waals surface area (Å²) in [5.41, 5.74) is 6.62. The van der Waals surface area contributed by atoms with Crippen molar-refractivity contribution in [1.29, 1.82) is 0 Å². The maximum Gasteiger partial charge on any atom is 0.263 e. The zero-order valence-corrected chi connectivity index (χ0v) is 26.2. The Hall–Kier alpha value is -3.98. The van der Waals surface area contributed by atoms with Gasteiger partial charge in [0.1, 0.15) is 17.9 Å². The molecular formula is C28H29Cl2N7O6S. The monoisotopic (exact) mass is 661 g/mol. The smallest absolute Gasteiger partial charge is 0.263 e. The van der Waals surface area contributed by atoms with Gasteiger partial charge in [0.05, 0.1) is 39.3 Å². The van der Waals surface area contributed by atoms with E-state index >= 15 is 0 Å². The number of aromatic nitrogens is 4. The van der Waals surface area contributed by atoms with Gasteiger partial charge >= 0.3 is 0 Å². The summed E-state index contributed by atoms with van der Waals surface area (Å²) in [5.74, 6) is -1.89. The Labute approximate surface area is 262 Å². The molecule has 3 aromatic heterocycles. The third kappa shape index (κ3) is 6.02. The van der Waals surface area contributed by atoms with Crippen molar-refractivity contribution in [2.75, 3.05) is 18.6 Å². The number of fused-ring (bicyclic) bond motifs is 1. The van der Waals surface area contributed by atoms with Crippen LogP contribution in [-0.4, -0.2) is 68.1 Å². The van der Waals surface area contributed by atoms with Gasteiger partial charge in [-0.1, -0.05) is 23.2 Å². The third-order valence-corrected chi connectivity index (χ3v) is 9.84. The summed E-state index contributed by atoms with van der Waals surface area (Å²) in [7, 11) is -0.241. The first-order chi connectivity index (χ1) is 20.6. The number of carbonyl (C=O) groups is 2. The van der Waals surface area contributed by atoms with E-state index in [0.717, 1.165) is 6.42 Å². The van der Waals surface area contributed by atoms with Crippen LogP contribution in [-0.2, 0) is 28.4 Å². The zero-order chi connectivity index (χ0) is 32.1. The number of aryl methyl sites for hydroxylation is 1. The van der Waals surface area contributed by atoms with E-state index < -0.39 is 33.1 Å². The van der Waals surface area contributed by atoms with Gasteiger partial charge in [-0.05, 0) is 43.0 Å². The van der Waals surface area contributed by atoms with Crippen LogP contribution in [0.5, 0.6) is 5.75 Å². The molecule has 0 radical (unpaired) electrons. The Bertz CT molecular complexity index is 1990. The van der Waals surface area contributed by atoms with Crippen LogP contribution in [0.4, 0.5) is 5.69 Å². The molecule has 5 rings (SSSR count). The fraction of sp³-hybridized carbons (Fsp3) is 0.321. The largest absolute Gasteiger partial charge is 0.506 e. The van der Waals surface area contributed by atoms with Gasteiger partial charge in [0.25, 0.3) is 11.5 Å². The highest BCUT2D eigenvalue weighted by molar-refractivity contribution is 7.88. The molecule has 1 aromatic carbocycles. The van der Waals surface area contributed by atoms with Crippen molar-refractivity contribution in [1.82, 2.24) is 23.4 Å². The van der Waals surface area contributed by atoms with Crippen molar-refractivity contribution in [3.05, 3.63) is 68.6 Å². The number of nitrogens with one attached hydrogen (secondary N) is 1. The maximum atomic E-state index is 13.3. The van der Waals surface area contributed by atoms with Gasteiger partial charge in [-0.15, -0.1) is 0 Å². The van der Waals surface area contributed by atoms with Crippen molar-refractivity contribution in [3.8, 4) is 16.9 Å². The van der Waals surface area contributed by atoms with Gasteiger partial charge in [0, 0.05) is 49.7 Å². The normalized spacial score (nSPS) is 17.0. The number of nitrogens with zero attached hydrogens (tertiary/aromatic N) is 5. The standard InChI is InChI=1S/C28H29Cl2N7O6S/c1-35-13-33-27-24(28(35)41)18(15-7-17(26(31)40)25(39)19(29)8-15)11-37(27)12-23(38)34-22-9-21(32-10-20(22)30)14-4-5-16(6-14)36(2)44(3,42)43/h7-11,13-14,16,39H,4-6,12H2,1-3H3,(H2,31,40)(H,32,34,38). The SMILES string of the molecule is CN(C1CCC(c2cc(NC(=O)Cn3cc(-c4cc(Cl)c(O)c(C(N)=O)c4)c4c(=O)n(C)cnc43)c(Cl)cn2)C1)S(C)(=O)=O. The second-order valence-electron chi connectivity index (χ2n) is 10.8. The van der Waals surface area contributed by atoms with E-state index in [0.29, 0.717) is 35.3 Å². The number of rotatable bonds is 8. The topological polar surface area (TPSA) is 183 Å². The number of hydrogen-bond donors (Lipinski definition) is 3. The molecule has 44 heavy (non-hydrogen) atoms. The fourth-order valence-electron chi connectivity index (χ4n) is 5.49. The van der Waals surface area contributed by atoms with Gasteiger partial charge in [-0.3, -0.25) is 19.4 Å². The minimum absolute atomic E-state index is 0.0177. The highest BCUT2D eigenvalue weighted by Gasteiger charge is 2.33. The van der Waals surface area contributed by atoms with Crippen molar-refractivity contribution < 1.29 is 23.1 Å². The minimum Gasteiger partial charge on any atom is -0.506 e. The average Bonchev–Trinajstić information content (AvgIpc) is 3.58. The number of hydrogen-bond acceptors (Lipinski definition) is 8. The van der Waals surface area contributed by atoms with Gasteiger partial charge in [0.2, 0.25) is 15.9 Å². The molecule has 2 unspecified atom stereocenters. The maximum absolute atomic E-state index is 13.3. The average molecular weight is 663 g/mol. The lowest BCUT2D eigenvalue weighted by Gasteiger charge is -2.22. The Kier molecular flexibility index (Phi) is 8.46. The van der Waals surface area contributed by atoms with Crippen LogP contribution in [0, 0.1) is 0 Å². The number of nitrogens with two attached hydrogens (primary N) is 1. The molecular weight excluding hydrogens is 633 g/mol. The summed E-state index contributed by atoms with van der Waals surface area (Å²) >= 11 is 12.5. The molecule has 1 aliphatic carbocycles. The highest BCUT2D eigenvalue weighted by Crippen LogP contribution is 2.39. The molecule has 3 heterocycles. The lowest BCUT2D eigenvalue weighted by molar-refractivity contribution is -0.116. The zero-order valence-electron chi connectivity index (χ0n) is 23.9. The molecule has 4 aromatic rings. The molecule has 2 atom stereocenters. The molecule has 0 saturated heterocycles. The molecule has 1 saturated carbocycles. The number of pyridine rings is 1. The van der Waals surface area contributed by atoms with Crippen LogP contribution in [0.2, 0.25) is 10.0 Å². The Morgan fingerprint density at radius 3 is 2.59 bits per heavy atom. The van der Waals surface area contributed by atoms with Gasteiger partial charge < -0.3 is 25.3 Å². The van der Waals surface area contributed by atoms with Crippen molar-refractivity contribution in [2.24, 2.45) is 12.8 Å².